The van der Waals surface area contributed by atoms with Crippen molar-refractivity contribution in [2.75, 3.05) is 12.4 Å². The van der Waals surface area contributed by atoms with Gasteiger partial charge in [-0.1, -0.05) is 28.8 Å². The van der Waals surface area contributed by atoms with E-state index in [-0.39, 0.29) is 5.82 Å². The summed E-state index contributed by atoms with van der Waals surface area (Å²) in [5.74, 6) is 0.479. The van der Waals surface area contributed by atoms with E-state index in [1.165, 1.54) is 25.3 Å². The van der Waals surface area contributed by atoms with E-state index in [0.29, 0.717) is 11.9 Å². The van der Waals surface area contributed by atoms with Crippen molar-refractivity contribution in [3.63, 3.8) is 0 Å². The first-order valence-electron chi connectivity index (χ1n) is 6.44. The molecule has 1 heterocycles. The molecule has 0 N–H and O–H groups in total. The van der Waals surface area contributed by atoms with E-state index in [0.717, 1.165) is 29.5 Å². The molecule has 0 saturated carbocycles. The Morgan fingerprint density at radius 3 is 2.83 bits per heavy atom. The van der Waals surface area contributed by atoms with E-state index in [9.17, 15) is 4.39 Å². The fraction of sp³-hybridized carbons (Fsp3) is 0.571. The first-order valence-corrected chi connectivity index (χ1v) is 7.77. The lowest BCUT2D eigenvalue weighted by Gasteiger charge is -2.28. The molecule has 1 nitrogen and oxygen atoms in total. The van der Waals surface area contributed by atoms with Crippen LogP contribution < -0.4 is 0 Å². The number of nitrogens with zero attached hydrogens (tertiary/aromatic N) is 1. The van der Waals surface area contributed by atoms with E-state index in [1.807, 2.05) is 6.07 Å². The molecule has 18 heavy (non-hydrogen) atoms. The fourth-order valence-electron chi connectivity index (χ4n) is 2.56. The van der Waals surface area contributed by atoms with Crippen molar-refractivity contribution in [3.05, 3.63) is 34.1 Å². The molecule has 0 amide bonds. The molecule has 1 fully saturated rings. The molecular weight excluding hydrogens is 317 g/mol. The van der Waals surface area contributed by atoms with Crippen LogP contribution in [0.25, 0.3) is 0 Å². The van der Waals surface area contributed by atoms with Gasteiger partial charge < -0.3 is 0 Å². The van der Waals surface area contributed by atoms with Gasteiger partial charge in [0.05, 0.1) is 0 Å². The number of rotatable bonds is 3. The lowest BCUT2D eigenvalue weighted by molar-refractivity contribution is 0.207. The van der Waals surface area contributed by atoms with Gasteiger partial charge in [0.25, 0.3) is 0 Å². The molecule has 2 rings (SSSR count). The lowest BCUT2D eigenvalue weighted by atomic mass is 10.1. The van der Waals surface area contributed by atoms with Crippen LogP contribution in [0.1, 0.15) is 31.2 Å². The highest BCUT2D eigenvalue weighted by molar-refractivity contribution is 9.10. The summed E-state index contributed by atoms with van der Waals surface area (Å²) in [6.07, 6.45) is 4.89. The number of hydrogen-bond donors (Lipinski definition) is 0. The minimum Gasteiger partial charge on any atom is -0.295 e. The van der Waals surface area contributed by atoms with Gasteiger partial charge in [-0.2, -0.15) is 0 Å². The van der Waals surface area contributed by atoms with Crippen LogP contribution in [0.15, 0.2) is 22.7 Å². The first kappa shape index (κ1) is 14.3. The standard InChI is InChI=1S/C14H18BrClFN/c15-12-6-11(7-13(17)8-12)10-18-5-3-1-2-4-14(18)9-16/h6-8,14H,1-5,9-10H2. The molecule has 1 aliphatic rings. The predicted molar refractivity (Wildman–Crippen MR) is 77.5 cm³/mol. The minimum atomic E-state index is -0.184. The monoisotopic (exact) mass is 333 g/mol. The second-order valence-electron chi connectivity index (χ2n) is 4.91. The fourth-order valence-corrected chi connectivity index (χ4v) is 3.42. The second kappa shape index (κ2) is 6.88. The Hall–Kier alpha value is -0.120. The first-order chi connectivity index (χ1) is 8.69. The second-order valence-corrected chi connectivity index (χ2v) is 6.13. The molecule has 1 aliphatic heterocycles. The molecular formula is C14H18BrClFN. The Morgan fingerprint density at radius 2 is 2.11 bits per heavy atom. The van der Waals surface area contributed by atoms with Crippen LogP contribution in [0.3, 0.4) is 0 Å². The van der Waals surface area contributed by atoms with Gasteiger partial charge in [0.1, 0.15) is 5.82 Å². The molecule has 1 unspecified atom stereocenters. The largest absolute Gasteiger partial charge is 0.295 e. The van der Waals surface area contributed by atoms with E-state index >= 15 is 0 Å². The summed E-state index contributed by atoms with van der Waals surface area (Å²) in [5, 5.41) is 0. The van der Waals surface area contributed by atoms with Crippen LogP contribution >= 0.6 is 27.5 Å². The Labute approximate surface area is 121 Å². The summed E-state index contributed by atoms with van der Waals surface area (Å²) in [7, 11) is 0. The van der Waals surface area contributed by atoms with Gasteiger partial charge in [-0.3, -0.25) is 4.90 Å². The maximum absolute atomic E-state index is 13.4. The molecule has 0 aromatic heterocycles. The van der Waals surface area contributed by atoms with Crippen molar-refractivity contribution < 1.29 is 4.39 Å². The smallest absolute Gasteiger partial charge is 0.124 e. The zero-order valence-corrected chi connectivity index (χ0v) is 12.7. The highest BCUT2D eigenvalue weighted by atomic mass is 79.9. The topological polar surface area (TPSA) is 3.24 Å². The van der Waals surface area contributed by atoms with Crippen LogP contribution in [-0.4, -0.2) is 23.4 Å². The average molecular weight is 335 g/mol. The maximum Gasteiger partial charge on any atom is 0.124 e. The Bertz CT molecular complexity index is 379. The third-order valence-electron chi connectivity index (χ3n) is 3.49. The predicted octanol–water partition coefficient (Wildman–Crippen LogP) is 4.57. The summed E-state index contributed by atoms with van der Waals surface area (Å²) in [5.41, 5.74) is 1.01. The summed E-state index contributed by atoms with van der Waals surface area (Å²) in [6.45, 7) is 1.85. The van der Waals surface area contributed by atoms with E-state index < -0.39 is 0 Å². The number of alkyl halides is 1. The van der Waals surface area contributed by atoms with Gasteiger partial charge in [-0.15, -0.1) is 11.6 Å². The highest BCUT2D eigenvalue weighted by Gasteiger charge is 2.20. The van der Waals surface area contributed by atoms with Gasteiger partial charge in [-0.25, -0.2) is 4.39 Å². The molecule has 1 saturated heterocycles. The van der Waals surface area contributed by atoms with Gasteiger partial charge >= 0.3 is 0 Å². The third kappa shape index (κ3) is 3.94. The van der Waals surface area contributed by atoms with E-state index in [4.69, 9.17) is 11.6 Å². The van der Waals surface area contributed by atoms with Crippen molar-refractivity contribution in [1.29, 1.82) is 0 Å². The lowest BCUT2D eigenvalue weighted by Crippen LogP contribution is -2.35. The van der Waals surface area contributed by atoms with Gasteiger partial charge in [0, 0.05) is 22.9 Å². The van der Waals surface area contributed by atoms with Crippen LogP contribution in [0, 0.1) is 5.82 Å². The quantitative estimate of drug-likeness (QED) is 0.732. The minimum absolute atomic E-state index is 0.184. The van der Waals surface area contributed by atoms with E-state index in [2.05, 4.69) is 20.8 Å². The molecule has 100 valence electrons. The number of benzene rings is 1. The number of hydrogen-bond acceptors (Lipinski definition) is 1. The summed E-state index contributed by atoms with van der Waals surface area (Å²) < 4.78 is 14.2. The summed E-state index contributed by atoms with van der Waals surface area (Å²) in [6, 6.07) is 5.52. The average Bonchev–Trinajstić information content (AvgIpc) is 2.52. The van der Waals surface area contributed by atoms with Gasteiger partial charge in [0.15, 0.2) is 0 Å². The molecule has 4 heteroatoms. The van der Waals surface area contributed by atoms with Crippen molar-refractivity contribution in [2.24, 2.45) is 0 Å². The maximum atomic E-state index is 13.4. The van der Waals surface area contributed by atoms with E-state index in [1.54, 1.807) is 6.07 Å². The molecule has 1 aromatic carbocycles. The van der Waals surface area contributed by atoms with Gasteiger partial charge in [0.2, 0.25) is 0 Å². The Balaban J connectivity index is 2.09. The van der Waals surface area contributed by atoms with Crippen molar-refractivity contribution in [3.8, 4) is 0 Å². The molecule has 0 radical (unpaired) electrons. The number of likely N-dealkylation sites (tertiary alicyclic amines) is 1. The van der Waals surface area contributed by atoms with Crippen LogP contribution in [0.4, 0.5) is 4.39 Å². The van der Waals surface area contributed by atoms with Crippen LogP contribution in [0.5, 0.6) is 0 Å². The SMILES string of the molecule is Fc1cc(Br)cc(CN2CCCCCC2CCl)c1. The summed E-state index contributed by atoms with van der Waals surface area (Å²) >= 11 is 9.39. The zero-order valence-electron chi connectivity index (χ0n) is 10.3. The zero-order chi connectivity index (χ0) is 13.0. The molecule has 1 aromatic rings. The van der Waals surface area contributed by atoms with Crippen molar-refractivity contribution in [2.45, 2.75) is 38.3 Å². The number of halogens is 3. The Kier molecular flexibility index (Phi) is 5.46. The molecule has 0 bridgehead atoms. The van der Waals surface area contributed by atoms with Crippen LogP contribution in [0.2, 0.25) is 0 Å². The summed E-state index contributed by atoms with van der Waals surface area (Å²) in [4.78, 5) is 2.39. The molecule has 1 atom stereocenters. The highest BCUT2D eigenvalue weighted by Crippen LogP contribution is 2.22. The molecule has 0 aliphatic carbocycles. The van der Waals surface area contributed by atoms with Gasteiger partial charge in [-0.05, 0) is 43.1 Å². The Morgan fingerprint density at radius 1 is 1.28 bits per heavy atom. The molecule has 0 spiro atoms. The van der Waals surface area contributed by atoms with Crippen molar-refractivity contribution in [1.82, 2.24) is 4.90 Å². The third-order valence-corrected chi connectivity index (χ3v) is 4.30. The van der Waals surface area contributed by atoms with Crippen molar-refractivity contribution >= 4 is 27.5 Å². The normalized spacial score (nSPS) is 21.8. The van der Waals surface area contributed by atoms with Crippen LogP contribution in [-0.2, 0) is 6.54 Å².